The highest BCUT2D eigenvalue weighted by atomic mass is 19.4. The average Bonchev–Trinajstić information content (AvgIpc) is 2.44. The topological polar surface area (TPSA) is 24.9 Å². The van der Waals surface area contributed by atoms with Crippen molar-refractivity contribution in [3.63, 3.8) is 0 Å². The van der Waals surface area contributed by atoms with Crippen molar-refractivity contribution >= 4 is 5.82 Å². The predicted octanol–water partition coefficient (Wildman–Crippen LogP) is 4.73. The van der Waals surface area contributed by atoms with Crippen LogP contribution in [0, 0.1) is 5.82 Å². The second kappa shape index (κ2) is 6.11. The van der Waals surface area contributed by atoms with E-state index in [1.54, 1.807) is 18.2 Å². The van der Waals surface area contributed by atoms with Crippen molar-refractivity contribution < 1.29 is 17.6 Å². The number of anilines is 1. The largest absolute Gasteiger partial charge is 0.419 e. The summed E-state index contributed by atoms with van der Waals surface area (Å²) in [6.07, 6.45) is -3.78. The van der Waals surface area contributed by atoms with Gasteiger partial charge in [-0.15, -0.1) is 0 Å². The molecular formula is C15H14F4N2. The molecule has 0 amide bonds. The van der Waals surface area contributed by atoms with Crippen molar-refractivity contribution in [3.8, 4) is 11.3 Å². The van der Waals surface area contributed by atoms with Crippen LogP contribution in [0.4, 0.5) is 23.4 Å². The molecule has 2 nitrogen and oxygen atoms in total. The van der Waals surface area contributed by atoms with E-state index in [4.69, 9.17) is 0 Å². The number of benzene rings is 1. The zero-order valence-electron chi connectivity index (χ0n) is 11.3. The van der Waals surface area contributed by atoms with Crippen molar-refractivity contribution in [2.24, 2.45) is 0 Å². The summed E-state index contributed by atoms with van der Waals surface area (Å²) in [6, 6.07) is 7.90. The van der Waals surface area contributed by atoms with Crippen molar-refractivity contribution in [2.75, 3.05) is 11.9 Å². The molecule has 0 aliphatic rings. The van der Waals surface area contributed by atoms with Gasteiger partial charge in [0.1, 0.15) is 11.6 Å². The summed E-state index contributed by atoms with van der Waals surface area (Å²) < 4.78 is 51.1. The number of rotatable bonds is 4. The number of nitrogens with zero attached hydrogens (tertiary/aromatic N) is 1. The SMILES string of the molecule is CCCNc1cccc(-c2ccc(C(F)(F)F)c(F)c2)n1. The van der Waals surface area contributed by atoms with Gasteiger partial charge < -0.3 is 5.32 Å². The normalized spacial score (nSPS) is 11.5. The first-order valence-corrected chi connectivity index (χ1v) is 6.50. The summed E-state index contributed by atoms with van der Waals surface area (Å²) in [4.78, 5) is 4.25. The van der Waals surface area contributed by atoms with Gasteiger partial charge in [0.15, 0.2) is 0 Å². The Morgan fingerprint density at radius 1 is 1.14 bits per heavy atom. The van der Waals surface area contributed by atoms with E-state index in [-0.39, 0.29) is 0 Å². The molecule has 2 aromatic rings. The Kier molecular flexibility index (Phi) is 4.45. The van der Waals surface area contributed by atoms with E-state index in [0.29, 0.717) is 17.1 Å². The lowest BCUT2D eigenvalue weighted by Crippen LogP contribution is -2.08. The van der Waals surface area contributed by atoms with Gasteiger partial charge in [-0.25, -0.2) is 9.37 Å². The van der Waals surface area contributed by atoms with Crippen LogP contribution < -0.4 is 5.32 Å². The molecule has 0 saturated heterocycles. The maximum atomic E-state index is 13.6. The van der Waals surface area contributed by atoms with E-state index in [0.717, 1.165) is 25.1 Å². The standard InChI is InChI=1S/C15H14F4N2/c1-2-8-20-14-5-3-4-13(21-14)10-6-7-11(12(16)9-10)15(17,18)19/h3-7,9H,2,8H2,1H3,(H,20,21). The van der Waals surface area contributed by atoms with Crippen LogP contribution in [0.1, 0.15) is 18.9 Å². The lowest BCUT2D eigenvalue weighted by atomic mass is 10.1. The number of alkyl halides is 3. The smallest absolute Gasteiger partial charge is 0.370 e. The molecule has 2 rings (SSSR count). The minimum absolute atomic E-state index is 0.306. The van der Waals surface area contributed by atoms with Crippen LogP contribution in [0.5, 0.6) is 0 Å². The van der Waals surface area contributed by atoms with E-state index < -0.39 is 17.6 Å². The van der Waals surface area contributed by atoms with Crippen LogP contribution >= 0.6 is 0 Å². The van der Waals surface area contributed by atoms with Crippen molar-refractivity contribution in [1.29, 1.82) is 0 Å². The molecule has 6 heteroatoms. The predicted molar refractivity (Wildman–Crippen MR) is 73.4 cm³/mol. The molecule has 1 heterocycles. The number of hydrogen-bond donors (Lipinski definition) is 1. The Morgan fingerprint density at radius 3 is 2.52 bits per heavy atom. The molecule has 0 aliphatic heterocycles. The highest BCUT2D eigenvalue weighted by Crippen LogP contribution is 2.33. The van der Waals surface area contributed by atoms with Gasteiger partial charge in [0.2, 0.25) is 0 Å². The van der Waals surface area contributed by atoms with E-state index in [2.05, 4.69) is 10.3 Å². The summed E-state index contributed by atoms with van der Waals surface area (Å²) in [6.45, 7) is 2.74. The van der Waals surface area contributed by atoms with Crippen molar-refractivity contribution in [1.82, 2.24) is 4.98 Å². The molecule has 0 unspecified atom stereocenters. The zero-order valence-corrected chi connectivity index (χ0v) is 11.3. The monoisotopic (exact) mass is 298 g/mol. The van der Waals surface area contributed by atoms with Crippen LogP contribution in [0.3, 0.4) is 0 Å². The average molecular weight is 298 g/mol. The van der Waals surface area contributed by atoms with Gasteiger partial charge in [0.25, 0.3) is 0 Å². The van der Waals surface area contributed by atoms with E-state index >= 15 is 0 Å². The molecule has 0 radical (unpaired) electrons. The molecule has 21 heavy (non-hydrogen) atoms. The van der Waals surface area contributed by atoms with Gasteiger partial charge in [-0.1, -0.05) is 19.1 Å². The quantitative estimate of drug-likeness (QED) is 0.825. The van der Waals surface area contributed by atoms with E-state index in [9.17, 15) is 17.6 Å². The molecule has 0 saturated carbocycles. The fraction of sp³-hybridized carbons (Fsp3) is 0.267. The fourth-order valence-electron chi connectivity index (χ4n) is 1.85. The van der Waals surface area contributed by atoms with Crippen molar-refractivity contribution in [3.05, 3.63) is 47.8 Å². The first kappa shape index (κ1) is 15.3. The highest BCUT2D eigenvalue weighted by molar-refractivity contribution is 5.62. The third-order valence-corrected chi connectivity index (χ3v) is 2.88. The van der Waals surface area contributed by atoms with Crippen LogP contribution in [0.2, 0.25) is 0 Å². The summed E-state index contributed by atoms with van der Waals surface area (Å²) in [5.41, 5.74) is -0.545. The molecule has 1 N–H and O–H groups in total. The Morgan fingerprint density at radius 2 is 1.90 bits per heavy atom. The second-order valence-electron chi connectivity index (χ2n) is 4.53. The first-order valence-electron chi connectivity index (χ1n) is 6.50. The van der Waals surface area contributed by atoms with Crippen LogP contribution in [-0.2, 0) is 6.18 Å². The summed E-state index contributed by atoms with van der Waals surface area (Å²) >= 11 is 0. The van der Waals surface area contributed by atoms with E-state index in [1.165, 1.54) is 6.07 Å². The minimum atomic E-state index is -4.69. The number of pyridine rings is 1. The number of hydrogen-bond acceptors (Lipinski definition) is 2. The molecule has 0 bridgehead atoms. The lowest BCUT2D eigenvalue weighted by molar-refractivity contribution is -0.139. The first-order chi connectivity index (χ1) is 9.91. The van der Waals surface area contributed by atoms with Gasteiger partial charge in [-0.2, -0.15) is 13.2 Å². The second-order valence-corrected chi connectivity index (χ2v) is 4.53. The zero-order chi connectivity index (χ0) is 15.5. The van der Waals surface area contributed by atoms with Crippen LogP contribution in [0.15, 0.2) is 36.4 Å². The maximum absolute atomic E-state index is 13.6. The third-order valence-electron chi connectivity index (χ3n) is 2.88. The fourth-order valence-corrected chi connectivity index (χ4v) is 1.85. The highest BCUT2D eigenvalue weighted by Gasteiger charge is 2.33. The van der Waals surface area contributed by atoms with Gasteiger partial charge in [0, 0.05) is 12.1 Å². The summed E-state index contributed by atoms with van der Waals surface area (Å²) in [7, 11) is 0. The molecule has 1 aromatic heterocycles. The summed E-state index contributed by atoms with van der Waals surface area (Å²) in [5, 5.41) is 3.07. The molecule has 1 aromatic carbocycles. The molecule has 0 aliphatic carbocycles. The van der Waals surface area contributed by atoms with Gasteiger partial charge in [-0.05, 0) is 30.7 Å². The number of aromatic nitrogens is 1. The number of nitrogens with one attached hydrogen (secondary N) is 1. The number of halogens is 4. The van der Waals surface area contributed by atoms with Gasteiger partial charge in [-0.3, -0.25) is 0 Å². The lowest BCUT2D eigenvalue weighted by Gasteiger charge is -2.10. The molecule has 0 spiro atoms. The molecule has 112 valence electrons. The Bertz CT molecular complexity index is 623. The van der Waals surface area contributed by atoms with Crippen LogP contribution in [-0.4, -0.2) is 11.5 Å². The van der Waals surface area contributed by atoms with Crippen LogP contribution in [0.25, 0.3) is 11.3 Å². The minimum Gasteiger partial charge on any atom is -0.370 e. The van der Waals surface area contributed by atoms with Crippen molar-refractivity contribution in [2.45, 2.75) is 19.5 Å². The Hall–Kier alpha value is -2.11. The Balaban J connectivity index is 2.32. The van der Waals surface area contributed by atoms with E-state index in [1.807, 2.05) is 6.92 Å². The Labute approximate surface area is 119 Å². The summed E-state index contributed by atoms with van der Waals surface area (Å²) in [5.74, 6) is -0.691. The molecular weight excluding hydrogens is 284 g/mol. The van der Waals surface area contributed by atoms with Gasteiger partial charge >= 0.3 is 6.18 Å². The van der Waals surface area contributed by atoms with Gasteiger partial charge in [0.05, 0.1) is 11.3 Å². The molecule has 0 atom stereocenters. The third kappa shape index (κ3) is 3.71. The molecule has 0 fully saturated rings. The maximum Gasteiger partial charge on any atom is 0.419 e.